The summed E-state index contributed by atoms with van der Waals surface area (Å²) in [5.41, 5.74) is -0.0440. The fraction of sp³-hybridized carbons (Fsp3) is 0.474. The Labute approximate surface area is 170 Å². The Morgan fingerprint density at radius 3 is 2.59 bits per heavy atom. The highest BCUT2D eigenvalue weighted by Gasteiger charge is 2.61. The molecule has 1 aromatic rings. The van der Waals surface area contributed by atoms with E-state index in [1.54, 1.807) is 0 Å². The minimum Gasteiger partial charge on any atom is -0.356 e. The van der Waals surface area contributed by atoms with Gasteiger partial charge in [-0.1, -0.05) is 11.6 Å². The molecule has 7 nitrogen and oxygen atoms in total. The number of alkyl halides is 2. The lowest BCUT2D eigenvalue weighted by atomic mass is 9.96. The highest BCUT2D eigenvalue weighted by Crippen LogP contribution is 2.49. The average Bonchev–Trinajstić information content (AvgIpc) is 3.10. The molecule has 0 radical (unpaired) electrons. The molecule has 3 N–H and O–H groups in total. The van der Waals surface area contributed by atoms with Crippen LogP contribution < -0.4 is 16.0 Å². The molecule has 10 heteroatoms. The second kappa shape index (κ2) is 8.06. The molecule has 1 aliphatic heterocycles. The van der Waals surface area contributed by atoms with Crippen molar-refractivity contribution >= 4 is 40.8 Å². The molecule has 1 saturated carbocycles. The zero-order valence-corrected chi connectivity index (χ0v) is 16.3. The van der Waals surface area contributed by atoms with E-state index in [0.29, 0.717) is 13.0 Å². The maximum Gasteiger partial charge on any atom is 0.260 e. The highest BCUT2D eigenvalue weighted by atomic mass is 35.5. The Kier molecular flexibility index (Phi) is 5.88. The third-order valence-corrected chi connectivity index (χ3v) is 5.34. The van der Waals surface area contributed by atoms with E-state index in [4.69, 9.17) is 11.6 Å². The topological polar surface area (TPSA) is 104 Å². The van der Waals surface area contributed by atoms with Gasteiger partial charge in [-0.05, 0) is 38.0 Å². The molecule has 1 heterocycles. The smallest absolute Gasteiger partial charge is 0.260 e. The molecule has 0 aromatic heterocycles. The van der Waals surface area contributed by atoms with E-state index in [-0.39, 0.29) is 40.3 Å². The van der Waals surface area contributed by atoms with Crippen LogP contribution in [0, 0.1) is 11.8 Å². The van der Waals surface area contributed by atoms with Gasteiger partial charge >= 0.3 is 0 Å². The molecule has 29 heavy (non-hydrogen) atoms. The molecule has 3 atom stereocenters. The number of carbonyl (C=O) groups is 4. The molecular formula is C19H20ClF2N3O4. The third kappa shape index (κ3) is 4.90. The number of hydrogen-bond donors (Lipinski definition) is 3. The van der Waals surface area contributed by atoms with Gasteiger partial charge in [0.25, 0.3) is 11.8 Å². The van der Waals surface area contributed by atoms with Crippen molar-refractivity contribution in [3.05, 3.63) is 28.8 Å². The second-order valence-electron chi connectivity index (χ2n) is 7.35. The zero-order chi connectivity index (χ0) is 21.3. The summed E-state index contributed by atoms with van der Waals surface area (Å²) in [6.07, 6.45) is 0.167. The van der Waals surface area contributed by atoms with Crippen molar-refractivity contribution in [2.45, 2.75) is 38.2 Å². The predicted molar refractivity (Wildman–Crippen MR) is 101 cm³/mol. The summed E-state index contributed by atoms with van der Waals surface area (Å²) in [5, 5.41) is 7.75. The molecular weight excluding hydrogens is 408 g/mol. The number of Topliss-reactive ketones (excluding diaryl/α,β-unsaturated/α-hetero) is 1. The van der Waals surface area contributed by atoms with Gasteiger partial charge in [0.1, 0.15) is 5.92 Å². The van der Waals surface area contributed by atoms with Crippen LogP contribution in [0.1, 0.15) is 36.5 Å². The van der Waals surface area contributed by atoms with Gasteiger partial charge in [0.15, 0.2) is 5.78 Å². The first-order valence-electron chi connectivity index (χ1n) is 9.15. The summed E-state index contributed by atoms with van der Waals surface area (Å²) in [5.74, 6) is -6.96. The number of amides is 3. The molecule has 0 spiro atoms. The Morgan fingerprint density at radius 2 is 2.03 bits per heavy atom. The summed E-state index contributed by atoms with van der Waals surface area (Å²) < 4.78 is 26.3. The average molecular weight is 428 g/mol. The van der Waals surface area contributed by atoms with Crippen LogP contribution >= 0.6 is 11.6 Å². The number of nitrogens with one attached hydrogen (secondary N) is 3. The van der Waals surface area contributed by atoms with Crippen molar-refractivity contribution in [2.75, 3.05) is 11.9 Å². The van der Waals surface area contributed by atoms with E-state index < -0.39 is 36.1 Å². The molecule has 1 aliphatic carbocycles. The summed E-state index contributed by atoms with van der Waals surface area (Å²) in [7, 11) is 0. The minimum atomic E-state index is -3.04. The van der Waals surface area contributed by atoms with Gasteiger partial charge in [-0.15, -0.1) is 0 Å². The van der Waals surface area contributed by atoms with E-state index in [1.807, 2.05) is 0 Å². The largest absolute Gasteiger partial charge is 0.356 e. The fourth-order valence-corrected chi connectivity index (χ4v) is 3.42. The molecule has 1 saturated heterocycles. The van der Waals surface area contributed by atoms with Crippen molar-refractivity contribution in [3.63, 3.8) is 0 Å². The van der Waals surface area contributed by atoms with Crippen LogP contribution in [0.15, 0.2) is 18.2 Å². The van der Waals surface area contributed by atoms with E-state index in [2.05, 4.69) is 16.0 Å². The van der Waals surface area contributed by atoms with Crippen LogP contribution in [-0.2, 0) is 14.4 Å². The first-order valence-corrected chi connectivity index (χ1v) is 9.53. The number of anilines is 1. The SMILES string of the molecule is CC(=O)C(CC1CCNC1=O)NC(=O)c1cc(Cl)ccc1NC(=O)C1CC1(F)F. The van der Waals surface area contributed by atoms with Crippen molar-refractivity contribution in [3.8, 4) is 0 Å². The zero-order valence-electron chi connectivity index (χ0n) is 15.6. The summed E-state index contributed by atoms with van der Waals surface area (Å²) >= 11 is 5.94. The maximum absolute atomic E-state index is 13.1. The number of benzene rings is 1. The van der Waals surface area contributed by atoms with Crippen molar-refractivity contribution in [1.82, 2.24) is 10.6 Å². The standard InChI is InChI=1S/C19H20ClF2N3O4/c1-9(26)15(6-10-4-5-23-16(10)27)25-17(28)12-7-11(20)2-3-14(12)24-18(29)13-8-19(13,21)22/h2-3,7,10,13,15H,4-6,8H2,1H3,(H,23,27)(H,24,29)(H,25,28). The lowest BCUT2D eigenvalue weighted by Crippen LogP contribution is -2.42. The molecule has 2 aliphatic rings. The summed E-state index contributed by atoms with van der Waals surface area (Å²) in [6, 6.07) is 3.11. The number of ketones is 1. The third-order valence-electron chi connectivity index (χ3n) is 5.11. The van der Waals surface area contributed by atoms with Gasteiger partial charge in [0, 0.05) is 23.9 Å². The first kappa shape index (κ1) is 21.2. The lowest BCUT2D eigenvalue weighted by molar-refractivity contribution is -0.124. The summed E-state index contributed by atoms with van der Waals surface area (Å²) in [4.78, 5) is 48.5. The van der Waals surface area contributed by atoms with Gasteiger partial charge in [-0.3, -0.25) is 19.2 Å². The van der Waals surface area contributed by atoms with Gasteiger partial charge < -0.3 is 16.0 Å². The molecule has 156 valence electrons. The van der Waals surface area contributed by atoms with Crippen LogP contribution in [0.25, 0.3) is 0 Å². The Balaban J connectivity index is 1.74. The predicted octanol–water partition coefficient (Wildman–Crippen LogP) is 2.15. The van der Waals surface area contributed by atoms with Crippen molar-refractivity contribution in [2.24, 2.45) is 11.8 Å². The molecule has 0 bridgehead atoms. The van der Waals surface area contributed by atoms with Crippen LogP contribution in [-0.4, -0.2) is 42.0 Å². The maximum atomic E-state index is 13.1. The number of rotatable bonds is 7. The summed E-state index contributed by atoms with van der Waals surface area (Å²) in [6.45, 7) is 1.81. The van der Waals surface area contributed by atoms with E-state index in [0.717, 1.165) is 0 Å². The highest BCUT2D eigenvalue weighted by molar-refractivity contribution is 6.31. The fourth-order valence-electron chi connectivity index (χ4n) is 3.25. The Bertz CT molecular complexity index is 877. The lowest BCUT2D eigenvalue weighted by Gasteiger charge is -2.19. The van der Waals surface area contributed by atoms with Crippen LogP contribution in [0.3, 0.4) is 0 Å². The Hall–Kier alpha value is -2.55. The quantitative estimate of drug-likeness (QED) is 0.620. The molecule has 2 fully saturated rings. The molecule has 3 unspecified atom stereocenters. The van der Waals surface area contributed by atoms with Crippen molar-refractivity contribution < 1.29 is 28.0 Å². The number of halogens is 3. The first-order chi connectivity index (χ1) is 13.6. The van der Waals surface area contributed by atoms with E-state index >= 15 is 0 Å². The second-order valence-corrected chi connectivity index (χ2v) is 7.78. The number of carbonyl (C=O) groups excluding carboxylic acids is 4. The minimum absolute atomic E-state index is 0.0144. The van der Waals surface area contributed by atoms with Gasteiger partial charge in [0.05, 0.1) is 17.3 Å². The van der Waals surface area contributed by atoms with Crippen LogP contribution in [0.5, 0.6) is 0 Å². The van der Waals surface area contributed by atoms with E-state index in [9.17, 15) is 28.0 Å². The molecule has 3 amide bonds. The van der Waals surface area contributed by atoms with E-state index in [1.165, 1.54) is 25.1 Å². The van der Waals surface area contributed by atoms with Crippen LogP contribution in [0.4, 0.5) is 14.5 Å². The monoisotopic (exact) mass is 427 g/mol. The normalized spacial score (nSPS) is 23.1. The molecule has 1 aromatic carbocycles. The Morgan fingerprint density at radius 1 is 1.34 bits per heavy atom. The van der Waals surface area contributed by atoms with Gasteiger partial charge in [0.2, 0.25) is 11.8 Å². The van der Waals surface area contributed by atoms with Crippen LogP contribution in [0.2, 0.25) is 5.02 Å². The number of hydrogen-bond acceptors (Lipinski definition) is 4. The molecule has 3 rings (SSSR count). The van der Waals surface area contributed by atoms with Gasteiger partial charge in [-0.25, -0.2) is 8.78 Å². The van der Waals surface area contributed by atoms with Crippen molar-refractivity contribution in [1.29, 1.82) is 0 Å². The van der Waals surface area contributed by atoms with Gasteiger partial charge in [-0.2, -0.15) is 0 Å².